The molecule has 3 aromatic rings. The van der Waals surface area contributed by atoms with Crippen molar-refractivity contribution in [3.8, 4) is 11.8 Å². The highest BCUT2D eigenvalue weighted by atomic mass is 16.2. The van der Waals surface area contributed by atoms with Crippen molar-refractivity contribution < 1.29 is 4.79 Å². The van der Waals surface area contributed by atoms with E-state index in [2.05, 4.69) is 16.0 Å². The zero-order valence-corrected chi connectivity index (χ0v) is 15.5. The Bertz CT molecular complexity index is 1010. The van der Waals surface area contributed by atoms with Gasteiger partial charge in [0, 0.05) is 56.0 Å². The highest BCUT2D eigenvalue weighted by Gasteiger charge is 2.22. The fraction of sp³-hybridized carbons (Fsp3) is 0.227. The van der Waals surface area contributed by atoms with Gasteiger partial charge in [-0.3, -0.25) is 4.79 Å². The molecule has 0 bridgehead atoms. The highest BCUT2D eigenvalue weighted by molar-refractivity contribution is 5.94. The summed E-state index contributed by atoms with van der Waals surface area (Å²) in [6.07, 6.45) is 6.47. The SMILES string of the molecule is N#Cc1cccnc1N1CCCN(C(=O)c2cccc(-n3cccc3)c2)CC1. The molecule has 0 N–H and O–H groups in total. The van der Waals surface area contributed by atoms with E-state index in [1.807, 2.05) is 58.3 Å². The number of nitriles is 1. The van der Waals surface area contributed by atoms with Crippen molar-refractivity contribution in [2.24, 2.45) is 0 Å². The number of benzene rings is 1. The van der Waals surface area contributed by atoms with Gasteiger partial charge in [-0.2, -0.15) is 5.26 Å². The smallest absolute Gasteiger partial charge is 0.253 e. The first kappa shape index (κ1) is 17.8. The molecule has 1 saturated heterocycles. The zero-order chi connectivity index (χ0) is 19.3. The van der Waals surface area contributed by atoms with E-state index >= 15 is 0 Å². The Morgan fingerprint density at radius 2 is 1.86 bits per heavy atom. The van der Waals surface area contributed by atoms with Crippen LogP contribution in [0.4, 0.5) is 5.82 Å². The molecule has 1 aromatic carbocycles. The van der Waals surface area contributed by atoms with E-state index in [4.69, 9.17) is 0 Å². The first-order chi connectivity index (χ1) is 13.8. The van der Waals surface area contributed by atoms with Crippen LogP contribution in [0.2, 0.25) is 0 Å². The zero-order valence-electron chi connectivity index (χ0n) is 15.5. The lowest BCUT2D eigenvalue weighted by Gasteiger charge is -2.23. The largest absolute Gasteiger partial charge is 0.354 e. The predicted octanol–water partition coefficient (Wildman–Crippen LogP) is 3.10. The van der Waals surface area contributed by atoms with Gasteiger partial charge >= 0.3 is 0 Å². The molecule has 0 unspecified atom stereocenters. The standard InChI is InChI=1S/C22H21N5O/c23-17-19-7-4-9-24-21(19)26-12-5-13-27(15-14-26)22(28)18-6-3-8-20(16-18)25-10-1-2-11-25/h1-4,6-11,16H,5,12-15H2. The van der Waals surface area contributed by atoms with E-state index in [-0.39, 0.29) is 5.91 Å². The normalized spacial score (nSPS) is 14.4. The number of carbonyl (C=O) groups excluding carboxylic acids is 1. The van der Waals surface area contributed by atoms with E-state index in [0.29, 0.717) is 36.6 Å². The van der Waals surface area contributed by atoms with Gasteiger partial charge in [-0.15, -0.1) is 0 Å². The third-order valence-corrected chi connectivity index (χ3v) is 4.99. The summed E-state index contributed by atoms with van der Waals surface area (Å²) in [5, 5.41) is 9.33. The van der Waals surface area contributed by atoms with Crippen molar-refractivity contribution in [2.45, 2.75) is 6.42 Å². The minimum absolute atomic E-state index is 0.0392. The first-order valence-corrected chi connectivity index (χ1v) is 9.39. The lowest BCUT2D eigenvalue weighted by atomic mass is 10.1. The van der Waals surface area contributed by atoms with Crippen LogP contribution >= 0.6 is 0 Å². The summed E-state index contributed by atoms with van der Waals surface area (Å²) in [4.78, 5) is 21.4. The molecule has 0 atom stereocenters. The summed E-state index contributed by atoms with van der Waals surface area (Å²) < 4.78 is 1.99. The molecule has 4 rings (SSSR count). The second kappa shape index (κ2) is 7.97. The first-order valence-electron chi connectivity index (χ1n) is 9.39. The molecule has 0 saturated carbocycles. The topological polar surface area (TPSA) is 65.2 Å². The summed E-state index contributed by atoms with van der Waals surface area (Å²) in [6.45, 7) is 2.74. The average molecular weight is 371 g/mol. The quantitative estimate of drug-likeness (QED) is 0.710. The van der Waals surface area contributed by atoms with Gasteiger partial charge in [0.05, 0.1) is 5.56 Å². The number of rotatable bonds is 3. The molecule has 140 valence electrons. The molecule has 6 nitrogen and oxygen atoms in total. The summed E-state index contributed by atoms with van der Waals surface area (Å²) in [6, 6.07) is 17.4. The van der Waals surface area contributed by atoms with Crippen molar-refractivity contribution in [3.63, 3.8) is 0 Å². The number of carbonyl (C=O) groups is 1. The fourth-order valence-corrected chi connectivity index (χ4v) is 3.56. The van der Waals surface area contributed by atoms with Gasteiger partial charge in [0.2, 0.25) is 0 Å². The van der Waals surface area contributed by atoms with Crippen molar-refractivity contribution in [1.29, 1.82) is 5.26 Å². The van der Waals surface area contributed by atoms with Crippen LogP contribution in [0.5, 0.6) is 0 Å². The van der Waals surface area contributed by atoms with Crippen LogP contribution in [0.15, 0.2) is 67.1 Å². The van der Waals surface area contributed by atoms with Crippen LogP contribution in [-0.2, 0) is 0 Å². The number of hydrogen-bond donors (Lipinski definition) is 0. The van der Waals surface area contributed by atoms with Crippen molar-refractivity contribution >= 4 is 11.7 Å². The maximum atomic E-state index is 13.1. The maximum Gasteiger partial charge on any atom is 0.253 e. The Hall–Kier alpha value is -3.59. The number of amides is 1. The summed E-state index contributed by atoms with van der Waals surface area (Å²) >= 11 is 0. The minimum Gasteiger partial charge on any atom is -0.354 e. The Kier molecular flexibility index (Phi) is 5.07. The molecule has 1 fully saturated rings. The predicted molar refractivity (Wildman–Crippen MR) is 107 cm³/mol. The second-order valence-corrected chi connectivity index (χ2v) is 6.76. The lowest BCUT2D eigenvalue weighted by Crippen LogP contribution is -2.35. The minimum atomic E-state index is 0.0392. The highest BCUT2D eigenvalue weighted by Crippen LogP contribution is 2.19. The molecule has 1 amide bonds. The van der Waals surface area contributed by atoms with Crippen LogP contribution < -0.4 is 4.90 Å². The molecule has 2 aromatic heterocycles. The summed E-state index contributed by atoms with van der Waals surface area (Å²) in [5.74, 6) is 0.742. The lowest BCUT2D eigenvalue weighted by molar-refractivity contribution is 0.0767. The van der Waals surface area contributed by atoms with Gasteiger partial charge in [-0.05, 0) is 48.9 Å². The molecule has 0 radical (unpaired) electrons. The molecular formula is C22H21N5O. The molecule has 0 aliphatic carbocycles. The number of aromatic nitrogens is 2. The number of pyridine rings is 1. The molecule has 1 aliphatic heterocycles. The Morgan fingerprint density at radius 1 is 1.00 bits per heavy atom. The van der Waals surface area contributed by atoms with Gasteiger partial charge in [0.15, 0.2) is 0 Å². The van der Waals surface area contributed by atoms with Gasteiger partial charge < -0.3 is 14.4 Å². The van der Waals surface area contributed by atoms with Gasteiger partial charge in [-0.25, -0.2) is 4.98 Å². The average Bonchev–Trinajstić information content (AvgIpc) is 3.18. The number of hydrogen-bond acceptors (Lipinski definition) is 4. The van der Waals surface area contributed by atoms with Crippen LogP contribution in [0.3, 0.4) is 0 Å². The molecule has 1 aliphatic rings. The maximum absolute atomic E-state index is 13.1. The van der Waals surface area contributed by atoms with Gasteiger partial charge in [0.1, 0.15) is 11.9 Å². The molecular weight excluding hydrogens is 350 g/mol. The third-order valence-electron chi connectivity index (χ3n) is 4.99. The van der Waals surface area contributed by atoms with Gasteiger partial charge in [-0.1, -0.05) is 6.07 Å². The Labute approximate surface area is 164 Å². The van der Waals surface area contributed by atoms with Crippen LogP contribution in [0.25, 0.3) is 5.69 Å². The second-order valence-electron chi connectivity index (χ2n) is 6.76. The van der Waals surface area contributed by atoms with E-state index in [0.717, 1.165) is 18.7 Å². The summed E-state index contributed by atoms with van der Waals surface area (Å²) in [5.41, 5.74) is 2.23. The van der Waals surface area contributed by atoms with Crippen LogP contribution in [0.1, 0.15) is 22.3 Å². The molecule has 3 heterocycles. The monoisotopic (exact) mass is 371 g/mol. The van der Waals surface area contributed by atoms with Crippen molar-refractivity contribution in [3.05, 3.63) is 78.2 Å². The molecule has 28 heavy (non-hydrogen) atoms. The van der Waals surface area contributed by atoms with Crippen LogP contribution in [0, 0.1) is 11.3 Å². The van der Waals surface area contributed by atoms with Crippen molar-refractivity contribution in [2.75, 3.05) is 31.1 Å². The fourth-order valence-electron chi connectivity index (χ4n) is 3.56. The molecule has 6 heteroatoms. The van der Waals surface area contributed by atoms with E-state index in [1.54, 1.807) is 18.3 Å². The van der Waals surface area contributed by atoms with Gasteiger partial charge in [0.25, 0.3) is 5.91 Å². The number of anilines is 1. The van der Waals surface area contributed by atoms with E-state index in [1.165, 1.54) is 0 Å². The van der Waals surface area contributed by atoms with E-state index < -0.39 is 0 Å². The Morgan fingerprint density at radius 3 is 2.68 bits per heavy atom. The van der Waals surface area contributed by atoms with E-state index in [9.17, 15) is 10.1 Å². The summed E-state index contributed by atoms with van der Waals surface area (Å²) in [7, 11) is 0. The third kappa shape index (κ3) is 3.60. The van der Waals surface area contributed by atoms with Crippen LogP contribution in [-0.4, -0.2) is 46.5 Å². The van der Waals surface area contributed by atoms with Crippen molar-refractivity contribution in [1.82, 2.24) is 14.5 Å². The Balaban J connectivity index is 1.50. The number of nitrogens with zero attached hydrogens (tertiary/aromatic N) is 5. The molecule has 0 spiro atoms.